The summed E-state index contributed by atoms with van der Waals surface area (Å²) in [6, 6.07) is 9.00. The zero-order valence-corrected chi connectivity index (χ0v) is 21.2. The number of hydrogen-bond donors (Lipinski definition) is 2. The van der Waals surface area contributed by atoms with Crippen LogP contribution in [0.3, 0.4) is 0 Å². The number of fused-ring (bicyclic) bond motifs is 1. The van der Waals surface area contributed by atoms with Crippen molar-refractivity contribution in [3.05, 3.63) is 55.1 Å². The Kier molecular flexibility index (Phi) is 7.41. The van der Waals surface area contributed by atoms with Gasteiger partial charge in [-0.3, -0.25) is 9.36 Å². The van der Waals surface area contributed by atoms with E-state index in [1.54, 1.807) is 39.2 Å². The molecule has 4 rings (SSSR count). The van der Waals surface area contributed by atoms with Gasteiger partial charge in [-0.05, 0) is 39.3 Å². The topological polar surface area (TPSA) is 161 Å². The van der Waals surface area contributed by atoms with Gasteiger partial charge in [0.25, 0.3) is 0 Å². The molecule has 4 N–H and O–H groups in total. The number of carbonyl (C=O) groups excluding carboxylic acids is 1. The van der Waals surface area contributed by atoms with Crippen molar-refractivity contribution in [3.8, 4) is 0 Å². The molecule has 0 fully saturated rings. The number of nitrogen functional groups attached to an aromatic ring is 1. The molecule has 1 unspecified atom stereocenters. The third kappa shape index (κ3) is 5.41. The fourth-order valence-electron chi connectivity index (χ4n) is 3.98. The summed E-state index contributed by atoms with van der Waals surface area (Å²) in [4.78, 5) is 31.2. The van der Waals surface area contributed by atoms with Gasteiger partial charge in [-0.15, -0.1) is 0 Å². The largest absolute Gasteiger partial charge is 0.458 e. The fraction of sp³-hybridized carbons (Fsp3) is 0.391. The van der Waals surface area contributed by atoms with Gasteiger partial charge < -0.3 is 14.8 Å². The molecule has 12 nitrogen and oxygen atoms in total. The molecule has 192 valence electrons. The quantitative estimate of drug-likeness (QED) is 0.231. The lowest BCUT2D eigenvalue weighted by Crippen LogP contribution is -2.51. The molecule has 0 radical (unpaired) electrons. The van der Waals surface area contributed by atoms with Crippen LogP contribution in [0.2, 0.25) is 0 Å². The third-order valence-corrected chi connectivity index (χ3v) is 6.76. The zero-order valence-electron chi connectivity index (χ0n) is 20.4. The lowest BCUT2D eigenvalue weighted by Gasteiger charge is -2.36. The van der Waals surface area contributed by atoms with E-state index in [0.29, 0.717) is 35.7 Å². The maximum Gasteiger partial charge on any atom is 0.458 e. The SMILES string of the molecule is CCON(c1ccccc1)C(C)(C)C(=O)OP(N)(=O)OC[C@H]1C=C[C@@H](n2cnc3c(N)ncnc32)C1. The first kappa shape index (κ1) is 25.8. The monoisotopic (exact) mass is 515 g/mol. The van der Waals surface area contributed by atoms with Gasteiger partial charge in [0.05, 0.1) is 31.3 Å². The van der Waals surface area contributed by atoms with Crippen molar-refractivity contribution in [2.45, 2.75) is 38.8 Å². The first-order chi connectivity index (χ1) is 17.1. The summed E-state index contributed by atoms with van der Waals surface area (Å²) in [7, 11) is -4.20. The van der Waals surface area contributed by atoms with E-state index >= 15 is 0 Å². The van der Waals surface area contributed by atoms with E-state index in [1.807, 2.05) is 34.9 Å². The Balaban J connectivity index is 1.36. The van der Waals surface area contributed by atoms with Crippen molar-refractivity contribution >= 4 is 36.4 Å². The first-order valence-corrected chi connectivity index (χ1v) is 13.1. The van der Waals surface area contributed by atoms with Gasteiger partial charge in [0.1, 0.15) is 11.8 Å². The van der Waals surface area contributed by atoms with Crippen molar-refractivity contribution in [2.75, 3.05) is 24.0 Å². The van der Waals surface area contributed by atoms with Crippen molar-refractivity contribution in [1.29, 1.82) is 0 Å². The summed E-state index contributed by atoms with van der Waals surface area (Å²) in [5, 5.41) is 1.41. The third-order valence-electron chi connectivity index (χ3n) is 5.83. The lowest BCUT2D eigenvalue weighted by atomic mass is 10.1. The van der Waals surface area contributed by atoms with Crippen LogP contribution in [-0.4, -0.2) is 44.2 Å². The Hall–Kier alpha value is -3.31. The van der Waals surface area contributed by atoms with Gasteiger partial charge >= 0.3 is 13.7 Å². The molecule has 3 atom stereocenters. The van der Waals surface area contributed by atoms with Crippen molar-refractivity contribution in [3.63, 3.8) is 0 Å². The van der Waals surface area contributed by atoms with Crippen LogP contribution >= 0.6 is 7.75 Å². The standard InChI is InChI=1S/C23H30N7O5P/c1-4-33-30(17-8-6-5-7-9-17)23(2,3)22(31)35-36(25,32)34-13-16-10-11-18(12-16)29-15-28-19-20(24)26-14-27-21(19)29/h5-11,14-16,18H,4,12-13H2,1-3H3,(H2,25,32)(H2,24,26,27)/t16-,18+,36?/m0/s1. The molecule has 0 bridgehead atoms. The van der Waals surface area contributed by atoms with Gasteiger partial charge in [0, 0.05) is 5.92 Å². The molecule has 0 amide bonds. The number of benzene rings is 1. The van der Waals surface area contributed by atoms with Gasteiger partial charge in [0.15, 0.2) is 17.0 Å². The molecule has 2 heterocycles. The highest BCUT2D eigenvalue weighted by atomic mass is 31.2. The van der Waals surface area contributed by atoms with Crippen molar-refractivity contribution in [2.24, 2.45) is 11.4 Å². The van der Waals surface area contributed by atoms with Gasteiger partial charge in [-0.25, -0.2) is 34.9 Å². The summed E-state index contributed by atoms with van der Waals surface area (Å²) in [6.07, 6.45) is 7.58. The van der Waals surface area contributed by atoms with Crippen LogP contribution in [0.25, 0.3) is 11.2 Å². The molecule has 13 heteroatoms. The van der Waals surface area contributed by atoms with E-state index < -0.39 is 19.3 Å². The van der Waals surface area contributed by atoms with Crippen LogP contribution in [0, 0.1) is 5.92 Å². The number of aromatic nitrogens is 4. The number of para-hydroxylation sites is 1. The van der Waals surface area contributed by atoms with E-state index in [1.165, 1.54) is 11.4 Å². The number of imidazole rings is 1. The highest BCUT2D eigenvalue weighted by molar-refractivity contribution is 7.51. The van der Waals surface area contributed by atoms with Crippen LogP contribution in [0.5, 0.6) is 0 Å². The highest BCUT2D eigenvalue weighted by Gasteiger charge is 2.41. The zero-order chi connectivity index (χ0) is 25.9. The fourth-order valence-corrected chi connectivity index (χ4v) is 4.89. The van der Waals surface area contributed by atoms with E-state index in [2.05, 4.69) is 15.0 Å². The predicted octanol–water partition coefficient (Wildman–Crippen LogP) is 3.39. The number of rotatable bonds is 10. The number of hydroxylamine groups is 1. The van der Waals surface area contributed by atoms with Crippen LogP contribution < -0.4 is 16.3 Å². The van der Waals surface area contributed by atoms with E-state index in [0.717, 1.165) is 0 Å². The van der Waals surface area contributed by atoms with Crippen LogP contribution in [0.1, 0.15) is 33.2 Å². The van der Waals surface area contributed by atoms with Crippen LogP contribution in [-0.2, 0) is 23.2 Å². The predicted molar refractivity (Wildman–Crippen MR) is 134 cm³/mol. The van der Waals surface area contributed by atoms with E-state index in [4.69, 9.17) is 25.1 Å². The number of allylic oxidation sites excluding steroid dienone is 1. The van der Waals surface area contributed by atoms with E-state index in [-0.39, 0.29) is 18.6 Å². The van der Waals surface area contributed by atoms with Crippen LogP contribution in [0.15, 0.2) is 55.1 Å². The molecular weight excluding hydrogens is 485 g/mol. The Morgan fingerprint density at radius 2 is 1.97 bits per heavy atom. The number of nitrogens with zero attached hydrogens (tertiary/aromatic N) is 5. The van der Waals surface area contributed by atoms with Gasteiger partial charge in [-0.1, -0.05) is 30.4 Å². The van der Waals surface area contributed by atoms with Gasteiger partial charge in [-0.2, -0.15) is 0 Å². The summed E-state index contributed by atoms with van der Waals surface area (Å²) in [5.41, 5.74) is 12.1. The molecule has 0 spiro atoms. The van der Waals surface area contributed by atoms with Crippen molar-refractivity contribution < 1.29 is 23.2 Å². The molecule has 1 aliphatic carbocycles. The highest BCUT2D eigenvalue weighted by Crippen LogP contribution is 2.43. The molecular formula is C23H30N7O5P. The minimum atomic E-state index is -4.20. The number of hydrogen-bond acceptors (Lipinski definition) is 10. The lowest BCUT2D eigenvalue weighted by molar-refractivity contribution is -0.143. The molecule has 2 aromatic heterocycles. The van der Waals surface area contributed by atoms with Crippen LogP contribution in [0.4, 0.5) is 11.5 Å². The van der Waals surface area contributed by atoms with Crippen molar-refractivity contribution in [1.82, 2.24) is 19.5 Å². The number of carbonyl (C=O) groups is 1. The normalized spacial score (nSPS) is 19.3. The summed E-state index contributed by atoms with van der Waals surface area (Å²) in [6.45, 7) is 5.29. The number of anilines is 2. The Bertz CT molecular complexity index is 1300. The van der Waals surface area contributed by atoms with Gasteiger partial charge in [0.2, 0.25) is 0 Å². The molecule has 36 heavy (non-hydrogen) atoms. The molecule has 1 aliphatic rings. The summed E-state index contributed by atoms with van der Waals surface area (Å²) in [5.74, 6) is -0.642. The summed E-state index contributed by atoms with van der Waals surface area (Å²) >= 11 is 0. The minimum Gasteiger partial charge on any atom is -0.382 e. The second-order valence-electron chi connectivity index (χ2n) is 8.85. The maximum atomic E-state index is 13.0. The second kappa shape index (κ2) is 10.4. The molecule has 1 aromatic carbocycles. The number of nitrogens with two attached hydrogens (primary N) is 2. The molecule has 3 aromatic rings. The Labute approximate surface area is 208 Å². The maximum absolute atomic E-state index is 13.0. The molecule has 0 saturated carbocycles. The average molecular weight is 516 g/mol. The Morgan fingerprint density at radius 1 is 1.22 bits per heavy atom. The summed E-state index contributed by atoms with van der Waals surface area (Å²) < 4.78 is 25.3. The molecule has 0 aliphatic heterocycles. The smallest absolute Gasteiger partial charge is 0.382 e. The first-order valence-electron chi connectivity index (χ1n) is 11.5. The average Bonchev–Trinajstić information content (AvgIpc) is 3.49. The van der Waals surface area contributed by atoms with E-state index in [9.17, 15) is 9.36 Å². The second-order valence-corrected chi connectivity index (χ2v) is 10.4. The molecule has 0 saturated heterocycles. The minimum absolute atomic E-state index is 0.00605. The Morgan fingerprint density at radius 3 is 2.69 bits per heavy atom.